The Kier molecular flexibility index (Phi) is 6.34. The number of hydrogen-bond donors (Lipinski definition) is 0. The van der Waals surface area contributed by atoms with Crippen molar-refractivity contribution in [1.82, 2.24) is 14.8 Å². The molecule has 0 atom stereocenters. The highest BCUT2D eigenvalue weighted by molar-refractivity contribution is 7.99. The third-order valence-corrected chi connectivity index (χ3v) is 5.75. The van der Waals surface area contributed by atoms with Crippen LogP contribution in [0.2, 0.25) is 5.02 Å². The first-order valence-corrected chi connectivity index (χ1v) is 10.7. The van der Waals surface area contributed by atoms with Crippen molar-refractivity contribution in [3.05, 3.63) is 89.2 Å². The molecule has 0 aliphatic carbocycles. The maximum absolute atomic E-state index is 13.1. The maximum Gasteiger partial charge on any atom is 0.196 e. The molecule has 0 amide bonds. The zero-order chi connectivity index (χ0) is 21.8. The second kappa shape index (κ2) is 9.32. The Morgan fingerprint density at radius 3 is 2.32 bits per heavy atom. The van der Waals surface area contributed by atoms with Gasteiger partial charge in [-0.05, 0) is 72.8 Å². The Bertz CT molecular complexity index is 1190. The number of methoxy groups -OCH3 is 1. The number of nitrogens with zero attached hydrogens (tertiary/aromatic N) is 3. The van der Waals surface area contributed by atoms with Gasteiger partial charge in [-0.15, -0.1) is 10.2 Å². The molecule has 0 fully saturated rings. The van der Waals surface area contributed by atoms with Crippen LogP contribution >= 0.6 is 23.4 Å². The third-order valence-electron chi connectivity index (χ3n) is 4.56. The fourth-order valence-electron chi connectivity index (χ4n) is 2.96. The molecule has 0 radical (unpaired) electrons. The number of halogens is 2. The second-order valence-electron chi connectivity index (χ2n) is 6.57. The molecule has 0 bridgehead atoms. The highest BCUT2D eigenvalue weighted by Crippen LogP contribution is 2.30. The molecule has 0 saturated heterocycles. The lowest BCUT2D eigenvalue weighted by Crippen LogP contribution is -2.05. The molecular weight excluding hydrogens is 437 g/mol. The Morgan fingerprint density at radius 1 is 1.00 bits per heavy atom. The standard InChI is InChI=1S/C23H17ClFN3O2S/c1-30-20-12-4-16(5-13-20)22-26-27-23(28(22)19-10-6-17(24)7-11-19)31-14-21(29)15-2-8-18(25)9-3-15/h2-13H,14H2,1H3. The number of carbonyl (C=O) groups excluding carboxylic acids is 1. The number of ether oxygens (including phenoxy) is 1. The molecule has 0 N–H and O–H groups in total. The van der Waals surface area contributed by atoms with Crippen molar-refractivity contribution in [3.8, 4) is 22.8 Å². The number of Topliss-reactive ketones (excluding diaryl/α,β-unsaturated/α-hetero) is 1. The van der Waals surface area contributed by atoms with Crippen LogP contribution in [0.25, 0.3) is 17.1 Å². The number of carbonyl (C=O) groups is 1. The van der Waals surface area contributed by atoms with E-state index in [0.29, 0.717) is 21.6 Å². The van der Waals surface area contributed by atoms with Gasteiger partial charge in [-0.1, -0.05) is 23.4 Å². The molecule has 0 aliphatic rings. The van der Waals surface area contributed by atoms with Gasteiger partial charge < -0.3 is 4.74 Å². The van der Waals surface area contributed by atoms with Gasteiger partial charge in [0, 0.05) is 21.8 Å². The van der Waals surface area contributed by atoms with Gasteiger partial charge in [0.2, 0.25) is 0 Å². The monoisotopic (exact) mass is 453 g/mol. The van der Waals surface area contributed by atoms with E-state index in [1.54, 1.807) is 19.2 Å². The summed E-state index contributed by atoms with van der Waals surface area (Å²) in [6, 6.07) is 20.3. The fourth-order valence-corrected chi connectivity index (χ4v) is 3.93. The molecule has 156 valence electrons. The molecule has 31 heavy (non-hydrogen) atoms. The summed E-state index contributed by atoms with van der Waals surface area (Å²) in [5.74, 6) is 1.000. The van der Waals surface area contributed by atoms with E-state index in [1.807, 2.05) is 41.0 Å². The van der Waals surface area contributed by atoms with Gasteiger partial charge in [-0.3, -0.25) is 9.36 Å². The van der Waals surface area contributed by atoms with Crippen LogP contribution in [0.1, 0.15) is 10.4 Å². The second-order valence-corrected chi connectivity index (χ2v) is 7.94. The van der Waals surface area contributed by atoms with E-state index < -0.39 is 0 Å². The summed E-state index contributed by atoms with van der Waals surface area (Å²) in [5.41, 5.74) is 2.11. The first kappa shape index (κ1) is 21.1. The van der Waals surface area contributed by atoms with E-state index in [-0.39, 0.29) is 17.4 Å². The van der Waals surface area contributed by atoms with Crippen molar-refractivity contribution >= 4 is 29.1 Å². The highest BCUT2D eigenvalue weighted by Gasteiger charge is 2.18. The zero-order valence-electron chi connectivity index (χ0n) is 16.5. The van der Waals surface area contributed by atoms with Crippen LogP contribution < -0.4 is 4.74 Å². The summed E-state index contributed by atoms with van der Waals surface area (Å²) >= 11 is 7.32. The molecule has 4 rings (SSSR count). The Labute approximate surface area is 187 Å². The van der Waals surface area contributed by atoms with Crippen molar-refractivity contribution in [1.29, 1.82) is 0 Å². The summed E-state index contributed by atoms with van der Waals surface area (Å²) in [5, 5.41) is 9.85. The number of thioether (sulfide) groups is 1. The lowest BCUT2D eigenvalue weighted by molar-refractivity contribution is 0.102. The predicted octanol–water partition coefficient (Wildman–Crippen LogP) is 5.71. The first-order chi connectivity index (χ1) is 15.0. The van der Waals surface area contributed by atoms with Crippen molar-refractivity contribution in [2.45, 2.75) is 5.16 Å². The lowest BCUT2D eigenvalue weighted by atomic mass is 10.1. The zero-order valence-corrected chi connectivity index (χ0v) is 18.0. The number of benzene rings is 3. The SMILES string of the molecule is COc1ccc(-c2nnc(SCC(=O)c3ccc(F)cc3)n2-c2ccc(Cl)cc2)cc1. The molecule has 3 aromatic carbocycles. The largest absolute Gasteiger partial charge is 0.497 e. The maximum atomic E-state index is 13.1. The summed E-state index contributed by atoms with van der Waals surface area (Å²) in [4.78, 5) is 12.5. The molecular formula is C23H17ClFN3O2S. The molecule has 8 heteroatoms. The van der Waals surface area contributed by atoms with Crippen molar-refractivity contribution in [2.75, 3.05) is 12.9 Å². The van der Waals surface area contributed by atoms with E-state index in [2.05, 4.69) is 10.2 Å². The number of ketones is 1. The first-order valence-electron chi connectivity index (χ1n) is 9.32. The van der Waals surface area contributed by atoms with Gasteiger partial charge in [-0.2, -0.15) is 0 Å². The highest BCUT2D eigenvalue weighted by atomic mass is 35.5. The average molecular weight is 454 g/mol. The van der Waals surface area contributed by atoms with E-state index in [0.717, 1.165) is 17.0 Å². The van der Waals surface area contributed by atoms with Crippen LogP contribution in [-0.2, 0) is 0 Å². The molecule has 1 heterocycles. The molecule has 4 aromatic rings. The van der Waals surface area contributed by atoms with Crippen LogP contribution in [0.4, 0.5) is 4.39 Å². The molecule has 5 nitrogen and oxygen atoms in total. The third kappa shape index (κ3) is 4.78. The van der Waals surface area contributed by atoms with Gasteiger partial charge in [0.15, 0.2) is 16.8 Å². The molecule has 1 aromatic heterocycles. The van der Waals surface area contributed by atoms with Crippen LogP contribution in [0.15, 0.2) is 78.0 Å². The van der Waals surface area contributed by atoms with Gasteiger partial charge in [0.1, 0.15) is 11.6 Å². The minimum absolute atomic E-state index is 0.123. The normalized spacial score (nSPS) is 10.8. The van der Waals surface area contributed by atoms with Crippen LogP contribution in [0.3, 0.4) is 0 Å². The predicted molar refractivity (Wildman–Crippen MR) is 120 cm³/mol. The Balaban J connectivity index is 1.66. The van der Waals surface area contributed by atoms with Crippen molar-refractivity contribution < 1.29 is 13.9 Å². The minimum atomic E-state index is -0.379. The minimum Gasteiger partial charge on any atom is -0.497 e. The number of aromatic nitrogens is 3. The van der Waals surface area contributed by atoms with Gasteiger partial charge >= 0.3 is 0 Å². The molecule has 0 unspecified atom stereocenters. The van der Waals surface area contributed by atoms with Crippen molar-refractivity contribution in [3.63, 3.8) is 0 Å². The molecule has 0 spiro atoms. The topological polar surface area (TPSA) is 57.0 Å². The van der Waals surface area contributed by atoms with E-state index in [4.69, 9.17) is 16.3 Å². The molecule has 0 saturated carbocycles. The Hall–Kier alpha value is -3.16. The molecule has 0 aliphatic heterocycles. The van der Waals surface area contributed by atoms with Crippen LogP contribution in [0, 0.1) is 5.82 Å². The van der Waals surface area contributed by atoms with E-state index in [9.17, 15) is 9.18 Å². The quantitative estimate of drug-likeness (QED) is 0.265. The van der Waals surface area contributed by atoms with Crippen molar-refractivity contribution in [2.24, 2.45) is 0 Å². The van der Waals surface area contributed by atoms with E-state index >= 15 is 0 Å². The van der Waals surface area contributed by atoms with E-state index in [1.165, 1.54) is 36.0 Å². The summed E-state index contributed by atoms with van der Waals surface area (Å²) < 4.78 is 20.2. The lowest BCUT2D eigenvalue weighted by Gasteiger charge is -2.11. The van der Waals surface area contributed by atoms with Gasteiger partial charge in [-0.25, -0.2) is 4.39 Å². The summed E-state index contributed by atoms with van der Waals surface area (Å²) in [6.45, 7) is 0. The van der Waals surface area contributed by atoms with Gasteiger partial charge in [0.05, 0.1) is 12.9 Å². The number of rotatable bonds is 7. The van der Waals surface area contributed by atoms with Gasteiger partial charge in [0.25, 0.3) is 0 Å². The van der Waals surface area contributed by atoms with Crippen LogP contribution in [0.5, 0.6) is 5.75 Å². The summed E-state index contributed by atoms with van der Waals surface area (Å²) in [7, 11) is 1.61. The summed E-state index contributed by atoms with van der Waals surface area (Å²) in [6.07, 6.45) is 0. The average Bonchev–Trinajstić information content (AvgIpc) is 3.22. The fraction of sp³-hybridized carbons (Fsp3) is 0.0870. The number of hydrogen-bond acceptors (Lipinski definition) is 5. The Morgan fingerprint density at radius 2 is 1.68 bits per heavy atom. The van der Waals surface area contributed by atoms with Crippen LogP contribution in [-0.4, -0.2) is 33.4 Å². The smallest absolute Gasteiger partial charge is 0.196 e.